The van der Waals surface area contributed by atoms with Crippen LogP contribution in [0.15, 0.2) is 54.3 Å². The molecule has 2 aromatic heterocycles. The molecule has 0 spiro atoms. The number of thiophene rings is 1. The molecule has 0 amide bonds. The maximum atomic E-state index is 4.72. The molecule has 0 saturated heterocycles. The van der Waals surface area contributed by atoms with Gasteiger partial charge in [-0.25, -0.2) is 9.97 Å². The van der Waals surface area contributed by atoms with E-state index in [4.69, 9.17) is 4.98 Å². The molecule has 27 heavy (non-hydrogen) atoms. The maximum absolute atomic E-state index is 4.72. The van der Waals surface area contributed by atoms with Crippen molar-refractivity contribution in [2.75, 3.05) is 9.80 Å². The van der Waals surface area contributed by atoms with Crippen molar-refractivity contribution in [3.63, 3.8) is 0 Å². The van der Waals surface area contributed by atoms with Gasteiger partial charge in [-0.05, 0) is 60.2 Å². The highest BCUT2D eigenvalue weighted by atomic mass is 32.1. The van der Waals surface area contributed by atoms with Crippen molar-refractivity contribution in [3.05, 3.63) is 59.9 Å². The molecule has 0 aliphatic carbocycles. The highest BCUT2D eigenvalue weighted by molar-refractivity contribution is 7.14. The van der Waals surface area contributed by atoms with Gasteiger partial charge in [-0.2, -0.15) is 0 Å². The van der Waals surface area contributed by atoms with Gasteiger partial charge in [0.05, 0.1) is 11.2 Å². The van der Waals surface area contributed by atoms with Gasteiger partial charge >= 0.3 is 0 Å². The fraction of sp³-hybridized carbons (Fsp3) is 0.364. The monoisotopic (exact) mass is 376 g/mol. The Morgan fingerprint density at radius 1 is 1.07 bits per heavy atom. The summed E-state index contributed by atoms with van der Waals surface area (Å²) in [7, 11) is 0. The van der Waals surface area contributed by atoms with E-state index < -0.39 is 0 Å². The molecule has 0 radical (unpaired) electrons. The van der Waals surface area contributed by atoms with Crippen molar-refractivity contribution in [3.8, 4) is 0 Å². The quantitative estimate of drug-likeness (QED) is 0.561. The molecule has 3 aromatic rings. The van der Waals surface area contributed by atoms with E-state index in [-0.39, 0.29) is 11.6 Å². The summed E-state index contributed by atoms with van der Waals surface area (Å²) in [6, 6.07) is 13.3. The van der Waals surface area contributed by atoms with Crippen LogP contribution in [-0.2, 0) is 5.41 Å². The van der Waals surface area contributed by atoms with Crippen molar-refractivity contribution < 1.29 is 0 Å². The highest BCUT2D eigenvalue weighted by Gasteiger charge is 2.45. The van der Waals surface area contributed by atoms with E-state index in [2.05, 4.69) is 70.4 Å². The molecule has 5 rings (SSSR count). The van der Waals surface area contributed by atoms with Crippen LogP contribution >= 0.6 is 11.3 Å². The van der Waals surface area contributed by atoms with Crippen LogP contribution in [0.25, 0.3) is 0 Å². The minimum atomic E-state index is 0.231. The Morgan fingerprint density at radius 3 is 2.70 bits per heavy atom. The topological polar surface area (TPSA) is 32.3 Å². The number of fused-ring (bicyclic) bond motifs is 5. The molecule has 1 atom stereocenters. The molecule has 5 heteroatoms. The summed E-state index contributed by atoms with van der Waals surface area (Å²) in [4.78, 5) is 14.0. The summed E-state index contributed by atoms with van der Waals surface area (Å²) >= 11 is 1.78. The van der Waals surface area contributed by atoms with E-state index in [1.807, 2.05) is 6.20 Å². The Balaban J connectivity index is 1.75. The normalized spacial score (nSPS) is 20.0. The molecule has 0 bridgehead atoms. The SMILES string of the molecule is CCC1(CC)CCC2N(c3cccs3)c3cncnc3N2c2ccccc21. The smallest absolute Gasteiger partial charge is 0.162 e. The second-order valence-electron chi connectivity index (χ2n) is 7.45. The zero-order valence-electron chi connectivity index (χ0n) is 15.8. The van der Waals surface area contributed by atoms with Gasteiger partial charge in [-0.1, -0.05) is 32.0 Å². The first-order valence-corrected chi connectivity index (χ1v) is 10.7. The predicted octanol–water partition coefficient (Wildman–Crippen LogP) is 6.01. The van der Waals surface area contributed by atoms with E-state index in [1.165, 1.54) is 22.7 Å². The first-order chi connectivity index (χ1) is 13.3. The number of para-hydroxylation sites is 1. The largest absolute Gasteiger partial charge is 0.307 e. The minimum absolute atomic E-state index is 0.231. The van der Waals surface area contributed by atoms with E-state index in [0.717, 1.165) is 30.8 Å². The van der Waals surface area contributed by atoms with Crippen molar-refractivity contribution in [2.24, 2.45) is 0 Å². The number of hydrogen-bond acceptors (Lipinski definition) is 5. The highest BCUT2D eigenvalue weighted by Crippen LogP contribution is 2.54. The van der Waals surface area contributed by atoms with Crippen molar-refractivity contribution >= 4 is 33.5 Å². The van der Waals surface area contributed by atoms with Crippen LogP contribution < -0.4 is 9.80 Å². The van der Waals surface area contributed by atoms with E-state index >= 15 is 0 Å². The third kappa shape index (κ3) is 2.34. The van der Waals surface area contributed by atoms with Crippen LogP contribution in [0.5, 0.6) is 0 Å². The lowest BCUT2D eigenvalue weighted by molar-refractivity contribution is 0.354. The van der Waals surface area contributed by atoms with E-state index in [1.54, 1.807) is 17.7 Å². The van der Waals surface area contributed by atoms with Crippen LogP contribution in [0, 0.1) is 0 Å². The van der Waals surface area contributed by atoms with Gasteiger partial charge < -0.3 is 9.80 Å². The molecule has 2 aliphatic rings. The summed E-state index contributed by atoms with van der Waals surface area (Å²) in [5.74, 6) is 1.03. The van der Waals surface area contributed by atoms with Crippen molar-refractivity contribution in [1.29, 1.82) is 0 Å². The zero-order chi connectivity index (χ0) is 18.4. The number of aromatic nitrogens is 2. The van der Waals surface area contributed by atoms with Gasteiger partial charge in [0.1, 0.15) is 18.2 Å². The van der Waals surface area contributed by atoms with Crippen LogP contribution in [0.1, 0.15) is 45.1 Å². The molecular weight excluding hydrogens is 352 g/mol. The third-order valence-electron chi connectivity index (χ3n) is 6.47. The standard InChI is InChI=1S/C22H24N4S/c1-3-22(4-2)12-11-19-25(20-10-7-13-27-20)18-14-23-15-24-21(18)26(19)17-9-6-5-8-16(17)22/h5-10,13-15,19H,3-4,11-12H2,1-2H3. The number of rotatable bonds is 3. The number of benzene rings is 1. The molecule has 2 aliphatic heterocycles. The Kier molecular flexibility index (Phi) is 3.93. The van der Waals surface area contributed by atoms with Gasteiger partial charge in [0.2, 0.25) is 0 Å². The lowest BCUT2D eigenvalue weighted by atomic mass is 9.72. The molecule has 1 unspecified atom stereocenters. The fourth-order valence-electron chi connectivity index (χ4n) is 4.95. The number of anilines is 4. The summed E-state index contributed by atoms with van der Waals surface area (Å²) in [5.41, 5.74) is 4.12. The second-order valence-corrected chi connectivity index (χ2v) is 8.37. The molecule has 4 heterocycles. The van der Waals surface area contributed by atoms with Crippen LogP contribution in [-0.4, -0.2) is 16.1 Å². The summed E-state index contributed by atoms with van der Waals surface area (Å²) in [5, 5.41) is 3.41. The Labute approximate surface area is 164 Å². The Bertz CT molecular complexity index is 948. The number of hydrogen-bond donors (Lipinski definition) is 0. The molecule has 138 valence electrons. The van der Waals surface area contributed by atoms with Crippen LogP contribution in [0.4, 0.5) is 22.2 Å². The molecule has 0 fully saturated rings. The van der Waals surface area contributed by atoms with Gasteiger partial charge in [-0.3, -0.25) is 0 Å². The molecular formula is C22H24N4S. The zero-order valence-corrected chi connectivity index (χ0v) is 16.6. The number of nitrogens with zero attached hydrogens (tertiary/aromatic N) is 4. The molecule has 1 aromatic carbocycles. The Hall–Kier alpha value is -2.40. The molecule has 0 saturated carbocycles. The Morgan fingerprint density at radius 2 is 1.93 bits per heavy atom. The first-order valence-electron chi connectivity index (χ1n) is 9.80. The minimum Gasteiger partial charge on any atom is -0.307 e. The van der Waals surface area contributed by atoms with Gasteiger partial charge in [0.15, 0.2) is 5.82 Å². The van der Waals surface area contributed by atoms with Crippen molar-refractivity contribution in [2.45, 2.75) is 51.1 Å². The van der Waals surface area contributed by atoms with Gasteiger partial charge in [0.25, 0.3) is 0 Å². The lowest BCUT2D eigenvalue weighted by Gasteiger charge is -2.33. The summed E-state index contributed by atoms with van der Waals surface area (Å²) in [6.45, 7) is 4.67. The summed E-state index contributed by atoms with van der Waals surface area (Å²) < 4.78 is 0. The maximum Gasteiger partial charge on any atom is 0.162 e. The summed E-state index contributed by atoms with van der Waals surface area (Å²) in [6.07, 6.45) is 8.50. The van der Waals surface area contributed by atoms with Crippen LogP contribution in [0.3, 0.4) is 0 Å². The second kappa shape index (κ2) is 6.34. The molecule has 4 nitrogen and oxygen atoms in total. The van der Waals surface area contributed by atoms with Crippen LogP contribution in [0.2, 0.25) is 0 Å². The predicted molar refractivity (Wildman–Crippen MR) is 112 cm³/mol. The van der Waals surface area contributed by atoms with E-state index in [0.29, 0.717) is 0 Å². The van der Waals surface area contributed by atoms with Gasteiger partial charge in [0, 0.05) is 5.69 Å². The lowest BCUT2D eigenvalue weighted by Crippen LogP contribution is -2.37. The average Bonchev–Trinajstić information content (AvgIpc) is 3.32. The van der Waals surface area contributed by atoms with E-state index in [9.17, 15) is 0 Å². The average molecular weight is 377 g/mol. The molecule has 0 N–H and O–H groups in total. The van der Waals surface area contributed by atoms with Gasteiger partial charge in [-0.15, -0.1) is 11.3 Å². The van der Waals surface area contributed by atoms with Crippen molar-refractivity contribution in [1.82, 2.24) is 9.97 Å². The fourth-order valence-corrected chi connectivity index (χ4v) is 5.74. The first kappa shape index (κ1) is 16.8. The third-order valence-corrected chi connectivity index (χ3v) is 7.34.